The molecule has 0 fully saturated rings. The van der Waals surface area contributed by atoms with E-state index in [0.29, 0.717) is 5.56 Å². The van der Waals surface area contributed by atoms with Gasteiger partial charge in [0.25, 0.3) is 0 Å². The minimum Gasteiger partial charge on any atom is -0.384 e. The third kappa shape index (κ3) is 3.72. The van der Waals surface area contributed by atoms with Crippen LogP contribution in [0.5, 0.6) is 0 Å². The second-order valence-electron chi connectivity index (χ2n) is 4.32. The average Bonchev–Trinajstić information content (AvgIpc) is 2.47. The number of nitrogens with zero attached hydrogens (tertiary/aromatic N) is 2. The van der Waals surface area contributed by atoms with Gasteiger partial charge in [0.15, 0.2) is 0 Å². The van der Waals surface area contributed by atoms with Gasteiger partial charge in [0.1, 0.15) is 6.07 Å². The van der Waals surface area contributed by atoms with Crippen molar-refractivity contribution in [3.63, 3.8) is 0 Å². The summed E-state index contributed by atoms with van der Waals surface area (Å²) in [6.45, 7) is 3.02. The fraction of sp³-hybridized carbons (Fsp3) is 0.200. The molecule has 5 heteroatoms. The largest absolute Gasteiger partial charge is 0.384 e. The summed E-state index contributed by atoms with van der Waals surface area (Å²) >= 11 is 3.36. The number of nitrogens with one attached hydrogen (secondary N) is 2. The van der Waals surface area contributed by atoms with Gasteiger partial charge < -0.3 is 10.6 Å². The molecule has 2 N–H and O–H groups in total. The van der Waals surface area contributed by atoms with Crippen molar-refractivity contribution in [1.29, 1.82) is 5.26 Å². The van der Waals surface area contributed by atoms with Crippen LogP contribution in [0.4, 0.5) is 17.1 Å². The summed E-state index contributed by atoms with van der Waals surface area (Å²) in [4.78, 5) is 4.19. The Morgan fingerprint density at radius 1 is 1.25 bits per heavy atom. The molecule has 2 aromatic rings. The summed E-state index contributed by atoms with van der Waals surface area (Å²) in [5, 5.41) is 15.7. The van der Waals surface area contributed by atoms with E-state index in [0.717, 1.165) is 34.5 Å². The van der Waals surface area contributed by atoms with Crippen LogP contribution in [0.2, 0.25) is 0 Å². The molecule has 0 spiro atoms. The molecule has 0 aliphatic rings. The number of halogens is 1. The number of nitriles is 1. The minimum atomic E-state index is 0.589. The van der Waals surface area contributed by atoms with Crippen LogP contribution < -0.4 is 10.6 Å². The molecule has 4 nitrogen and oxygen atoms in total. The topological polar surface area (TPSA) is 60.7 Å². The lowest BCUT2D eigenvalue weighted by atomic mass is 10.2. The van der Waals surface area contributed by atoms with E-state index in [2.05, 4.69) is 44.5 Å². The highest BCUT2D eigenvalue weighted by molar-refractivity contribution is 9.10. The van der Waals surface area contributed by atoms with Gasteiger partial charge >= 0.3 is 0 Å². The second kappa shape index (κ2) is 6.92. The lowest BCUT2D eigenvalue weighted by Gasteiger charge is -2.10. The Bertz CT molecular complexity index is 634. The van der Waals surface area contributed by atoms with E-state index in [1.165, 1.54) is 0 Å². The third-order valence-electron chi connectivity index (χ3n) is 2.70. The van der Waals surface area contributed by atoms with E-state index in [9.17, 15) is 0 Å². The molecule has 1 heterocycles. The standard InChI is InChI=1S/C15H15BrN4/c1-2-5-19-13-7-14(10-18-9-13)20-15-4-3-12(16)6-11(15)8-17/h3-4,6-7,9-10,19-20H,2,5H2,1H3. The fourth-order valence-electron chi connectivity index (χ4n) is 1.75. The first-order valence-electron chi connectivity index (χ1n) is 6.38. The Morgan fingerprint density at radius 3 is 2.80 bits per heavy atom. The number of anilines is 3. The first kappa shape index (κ1) is 14.4. The molecule has 2 rings (SSSR count). The fourth-order valence-corrected chi connectivity index (χ4v) is 2.11. The van der Waals surface area contributed by atoms with E-state index >= 15 is 0 Å². The average molecular weight is 331 g/mol. The molecule has 0 saturated heterocycles. The summed E-state index contributed by atoms with van der Waals surface area (Å²) in [7, 11) is 0. The number of hydrogen-bond donors (Lipinski definition) is 2. The summed E-state index contributed by atoms with van der Waals surface area (Å²) < 4.78 is 0.885. The number of rotatable bonds is 5. The molecule has 0 amide bonds. The molecule has 0 saturated carbocycles. The van der Waals surface area contributed by atoms with Crippen LogP contribution in [0.3, 0.4) is 0 Å². The van der Waals surface area contributed by atoms with Crippen LogP contribution in [0.15, 0.2) is 41.1 Å². The molecule has 0 bridgehead atoms. The normalized spacial score (nSPS) is 9.85. The number of hydrogen-bond acceptors (Lipinski definition) is 4. The van der Waals surface area contributed by atoms with E-state index < -0.39 is 0 Å². The molecule has 20 heavy (non-hydrogen) atoms. The van der Waals surface area contributed by atoms with Crippen LogP contribution in [0.25, 0.3) is 0 Å². The van der Waals surface area contributed by atoms with Crippen molar-refractivity contribution in [3.05, 3.63) is 46.7 Å². The lowest BCUT2D eigenvalue weighted by Crippen LogP contribution is -2.01. The Hall–Kier alpha value is -2.06. The van der Waals surface area contributed by atoms with Crippen LogP contribution in [-0.4, -0.2) is 11.5 Å². The summed E-state index contributed by atoms with van der Waals surface area (Å²) in [5.74, 6) is 0. The SMILES string of the molecule is CCCNc1cncc(Nc2ccc(Br)cc2C#N)c1. The molecular formula is C15H15BrN4. The second-order valence-corrected chi connectivity index (χ2v) is 5.23. The van der Waals surface area contributed by atoms with Gasteiger partial charge in [-0.25, -0.2) is 0 Å². The number of pyridine rings is 1. The van der Waals surface area contributed by atoms with Crippen molar-refractivity contribution in [2.45, 2.75) is 13.3 Å². The van der Waals surface area contributed by atoms with Crippen molar-refractivity contribution in [2.24, 2.45) is 0 Å². The maximum atomic E-state index is 9.15. The molecule has 0 aliphatic carbocycles. The first-order valence-corrected chi connectivity index (χ1v) is 7.18. The zero-order valence-corrected chi connectivity index (χ0v) is 12.7. The molecule has 0 unspecified atom stereocenters. The van der Waals surface area contributed by atoms with Gasteiger partial charge in [-0.15, -0.1) is 0 Å². The zero-order chi connectivity index (χ0) is 14.4. The highest BCUT2D eigenvalue weighted by atomic mass is 79.9. The quantitative estimate of drug-likeness (QED) is 0.858. The van der Waals surface area contributed by atoms with Gasteiger partial charge in [-0.05, 0) is 30.7 Å². The predicted octanol–water partition coefficient (Wildman–Crippen LogP) is 4.28. The van der Waals surface area contributed by atoms with Crippen molar-refractivity contribution < 1.29 is 0 Å². The van der Waals surface area contributed by atoms with Gasteiger partial charge in [-0.1, -0.05) is 22.9 Å². The third-order valence-corrected chi connectivity index (χ3v) is 3.19. The molecule has 1 aromatic heterocycles. The maximum absolute atomic E-state index is 9.15. The lowest BCUT2D eigenvalue weighted by molar-refractivity contribution is 0.978. The number of benzene rings is 1. The molecular weight excluding hydrogens is 316 g/mol. The van der Waals surface area contributed by atoms with Gasteiger partial charge in [0.2, 0.25) is 0 Å². The van der Waals surface area contributed by atoms with Crippen LogP contribution in [-0.2, 0) is 0 Å². The molecule has 0 aliphatic heterocycles. The smallest absolute Gasteiger partial charge is 0.101 e. The van der Waals surface area contributed by atoms with E-state index in [-0.39, 0.29) is 0 Å². The highest BCUT2D eigenvalue weighted by Crippen LogP contribution is 2.24. The van der Waals surface area contributed by atoms with Gasteiger partial charge in [0, 0.05) is 11.0 Å². The summed E-state index contributed by atoms with van der Waals surface area (Å²) in [6, 6.07) is 9.71. The Morgan fingerprint density at radius 2 is 2.05 bits per heavy atom. The number of aromatic nitrogens is 1. The Balaban J connectivity index is 2.20. The minimum absolute atomic E-state index is 0.589. The van der Waals surface area contributed by atoms with Gasteiger partial charge in [-0.2, -0.15) is 5.26 Å². The van der Waals surface area contributed by atoms with Crippen LogP contribution in [0.1, 0.15) is 18.9 Å². The monoisotopic (exact) mass is 330 g/mol. The van der Waals surface area contributed by atoms with E-state index in [4.69, 9.17) is 5.26 Å². The Kier molecular flexibility index (Phi) is 4.97. The highest BCUT2D eigenvalue weighted by Gasteiger charge is 2.04. The van der Waals surface area contributed by atoms with Crippen LogP contribution in [0, 0.1) is 11.3 Å². The van der Waals surface area contributed by atoms with E-state index in [1.807, 2.05) is 18.2 Å². The summed E-state index contributed by atoms with van der Waals surface area (Å²) in [6.07, 6.45) is 4.58. The summed E-state index contributed by atoms with van der Waals surface area (Å²) in [5.41, 5.74) is 3.17. The van der Waals surface area contributed by atoms with Gasteiger partial charge in [0.05, 0.1) is 35.0 Å². The predicted molar refractivity (Wildman–Crippen MR) is 85.2 cm³/mol. The molecule has 102 valence electrons. The van der Waals surface area contributed by atoms with Crippen LogP contribution >= 0.6 is 15.9 Å². The van der Waals surface area contributed by atoms with E-state index in [1.54, 1.807) is 18.5 Å². The van der Waals surface area contributed by atoms with Crippen molar-refractivity contribution in [1.82, 2.24) is 4.98 Å². The molecule has 1 aromatic carbocycles. The Labute approximate surface area is 127 Å². The van der Waals surface area contributed by atoms with Gasteiger partial charge in [-0.3, -0.25) is 4.98 Å². The van der Waals surface area contributed by atoms with Crippen molar-refractivity contribution in [3.8, 4) is 6.07 Å². The maximum Gasteiger partial charge on any atom is 0.101 e. The zero-order valence-electron chi connectivity index (χ0n) is 11.2. The molecule has 0 radical (unpaired) electrons. The molecule has 0 atom stereocenters. The first-order chi connectivity index (χ1) is 9.72. The van der Waals surface area contributed by atoms with Crippen molar-refractivity contribution in [2.75, 3.05) is 17.2 Å². The van der Waals surface area contributed by atoms with Crippen molar-refractivity contribution >= 4 is 33.0 Å².